The van der Waals surface area contributed by atoms with Crippen LogP contribution in [0.5, 0.6) is 0 Å². The Labute approximate surface area is 124 Å². The van der Waals surface area contributed by atoms with E-state index in [1.165, 1.54) is 0 Å². The van der Waals surface area contributed by atoms with Crippen LogP contribution in [0.3, 0.4) is 0 Å². The van der Waals surface area contributed by atoms with E-state index in [0.29, 0.717) is 0 Å². The Morgan fingerprint density at radius 3 is 3.00 bits per heavy atom. The van der Waals surface area contributed by atoms with Gasteiger partial charge in [0.15, 0.2) is 0 Å². The average molecular weight is 284 g/mol. The maximum Gasteiger partial charge on any atom is 0.227 e. The van der Waals surface area contributed by atoms with E-state index in [9.17, 15) is 4.79 Å². The van der Waals surface area contributed by atoms with E-state index in [4.69, 9.17) is 0 Å². The summed E-state index contributed by atoms with van der Waals surface area (Å²) in [5, 5.41) is 6.32. The van der Waals surface area contributed by atoms with E-state index >= 15 is 0 Å². The number of imidazole rings is 1. The molecule has 1 aromatic heterocycles. The van der Waals surface area contributed by atoms with Gasteiger partial charge in [0.2, 0.25) is 5.91 Å². The van der Waals surface area contributed by atoms with Crippen LogP contribution in [0.1, 0.15) is 18.4 Å². The van der Waals surface area contributed by atoms with Crippen molar-refractivity contribution in [1.82, 2.24) is 14.9 Å². The van der Waals surface area contributed by atoms with E-state index in [1.54, 1.807) is 12.5 Å². The van der Waals surface area contributed by atoms with Gasteiger partial charge in [-0.2, -0.15) is 0 Å². The highest BCUT2D eigenvalue weighted by atomic mass is 16.1. The third kappa shape index (κ3) is 3.70. The predicted octanol–water partition coefficient (Wildman–Crippen LogP) is 1.87. The van der Waals surface area contributed by atoms with E-state index < -0.39 is 0 Å². The summed E-state index contributed by atoms with van der Waals surface area (Å²) >= 11 is 0. The third-order valence-electron chi connectivity index (χ3n) is 3.83. The number of carbonyl (C=O) groups excluding carboxylic acids is 1. The van der Waals surface area contributed by atoms with E-state index in [-0.39, 0.29) is 11.8 Å². The van der Waals surface area contributed by atoms with Gasteiger partial charge in [0.1, 0.15) is 0 Å². The molecule has 110 valence electrons. The Bertz CT molecular complexity index is 588. The van der Waals surface area contributed by atoms with Crippen molar-refractivity contribution in [1.29, 1.82) is 0 Å². The number of carbonyl (C=O) groups is 1. The van der Waals surface area contributed by atoms with Crippen LogP contribution in [0, 0.1) is 5.92 Å². The normalized spacial score (nSPS) is 15.8. The van der Waals surface area contributed by atoms with Gasteiger partial charge in [0.05, 0.1) is 6.33 Å². The average Bonchev–Trinajstić information content (AvgIpc) is 3.01. The Morgan fingerprint density at radius 1 is 1.38 bits per heavy atom. The third-order valence-corrected chi connectivity index (χ3v) is 3.83. The highest BCUT2D eigenvalue weighted by Crippen LogP contribution is 2.17. The molecular formula is C16H20N4O. The number of amides is 1. The number of hydrogen-bond acceptors (Lipinski definition) is 3. The first kappa shape index (κ1) is 13.8. The molecule has 0 aliphatic carbocycles. The minimum absolute atomic E-state index is 0.128. The minimum Gasteiger partial charge on any atom is -0.333 e. The molecule has 0 saturated carbocycles. The molecular weight excluding hydrogens is 264 g/mol. The van der Waals surface area contributed by atoms with Crippen LogP contribution in [0.25, 0.3) is 0 Å². The summed E-state index contributed by atoms with van der Waals surface area (Å²) in [5.41, 5.74) is 2.02. The molecule has 1 saturated heterocycles. The van der Waals surface area contributed by atoms with Crippen LogP contribution in [0.15, 0.2) is 43.0 Å². The van der Waals surface area contributed by atoms with Crippen molar-refractivity contribution in [2.75, 3.05) is 18.4 Å². The van der Waals surface area contributed by atoms with Gasteiger partial charge in [-0.3, -0.25) is 4.79 Å². The zero-order valence-corrected chi connectivity index (χ0v) is 12.0. The van der Waals surface area contributed by atoms with Gasteiger partial charge in [-0.25, -0.2) is 4.98 Å². The molecule has 2 heterocycles. The van der Waals surface area contributed by atoms with Gasteiger partial charge in [0, 0.05) is 30.5 Å². The van der Waals surface area contributed by atoms with Gasteiger partial charge in [-0.05, 0) is 43.6 Å². The van der Waals surface area contributed by atoms with Crippen LogP contribution in [-0.4, -0.2) is 28.5 Å². The number of rotatable bonds is 4. The highest BCUT2D eigenvalue weighted by Gasteiger charge is 2.20. The molecule has 3 rings (SSSR count). The summed E-state index contributed by atoms with van der Waals surface area (Å²) in [5.74, 6) is 0.264. The second kappa shape index (κ2) is 6.54. The van der Waals surface area contributed by atoms with Crippen LogP contribution in [-0.2, 0) is 11.3 Å². The quantitative estimate of drug-likeness (QED) is 0.901. The van der Waals surface area contributed by atoms with Gasteiger partial charge in [-0.15, -0.1) is 0 Å². The van der Waals surface area contributed by atoms with E-state index in [2.05, 4.69) is 21.7 Å². The molecule has 2 N–H and O–H groups in total. The molecule has 1 amide bonds. The lowest BCUT2D eigenvalue weighted by Crippen LogP contribution is -2.34. The van der Waals surface area contributed by atoms with Gasteiger partial charge >= 0.3 is 0 Å². The molecule has 2 aromatic rings. The standard InChI is InChI=1S/C16H20N4O/c21-16(14-4-6-17-7-5-14)19-15-3-1-2-13(10-15)11-20-9-8-18-12-20/h1-3,8-10,12,14,17H,4-7,11H2,(H,19,21). The molecule has 0 unspecified atom stereocenters. The number of nitrogens with zero attached hydrogens (tertiary/aromatic N) is 2. The molecule has 1 fully saturated rings. The Morgan fingerprint density at radius 2 is 2.24 bits per heavy atom. The number of piperidine rings is 1. The summed E-state index contributed by atoms with van der Waals surface area (Å²) in [4.78, 5) is 16.3. The first-order chi connectivity index (χ1) is 10.3. The maximum absolute atomic E-state index is 12.2. The second-order valence-electron chi connectivity index (χ2n) is 5.45. The Hall–Kier alpha value is -2.14. The van der Waals surface area contributed by atoms with Crippen molar-refractivity contribution in [3.05, 3.63) is 48.5 Å². The van der Waals surface area contributed by atoms with E-state index in [0.717, 1.165) is 43.7 Å². The Balaban J connectivity index is 1.63. The summed E-state index contributed by atoms with van der Waals surface area (Å²) in [6.45, 7) is 2.62. The smallest absolute Gasteiger partial charge is 0.227 e. The molecule has 0 spiro atoms. The van der Waals surface area contributed by atoms with Crippen molar-refractivity contribution in [3.63, 3.8) is 0 Å². The fraction of sp³-hybridized carbons (Fsp3) is 0.375. The molecule has 1 aliphatic heterocycles. The zero-order valence-electron chi connectivity index (χ0n) is 12.0. The summed E-state index contributed by atoms with van der Waals surface area (Å²) < 4.78 is 2.01. The monoisotopic (exact) mass is 284 g/mol. The summed E-state index contributed by atoms with van der Waals surface area (Å²) in [6.07, 6.45) is 7.32. The fourth-order valence-electron chi connectivity index (χ4n) is 2.67. The van der Waals surface area contributed by atoms with Crippen molar-refractivity contribution in [2.45, 2.75) is 19.4 Å². The SMILES string of the molecule is O=C(Nc1cccc(Cn2ccnc2)c1)C1CCNCC1. The number of aromatic nitrogens is 2. The molecule has 0 atom stereocenters. The van der Waals surface area contributed by atoms with Crippen LogP contribution in [0.4, 0.5) is 5.69 Å². The number of anilines is 1. The van der Waals surface area contributed by atoms with Gasteiger partial charge in [0.25, 0.3) is 0 Å². The highest BCUT2D eigenvalue weighted by molar-refractivity contribution is 5.92. The second-order valence-corrected chi connectivity index (χ2v) is 5.45. The van der Waals surface area contributed by atoms with Crippen LogP contribution >= 0.6 is 0 Å². The first-order valence-corrected chi connectivity index (χ1v) is 7.37. The molecule has 5 nitrogen and oxygen atoms in total. The van der Waals surface area contributed by atoms with Crippen molar-refractivity contribution >= 4 is 11.6 Å². The van der Waals surface area contributed by atoms with Crippen molar-refractivity contribution in [3.8, 4) is 0 Å². The van der Waals surface area contributed by atoms with Crippen molar-refractivity contribution in [2.24, 2.45) is 5.92 Å². The topological polar surface area (TPSA) is 59.0 Å². The molecule has 1 aromatic carbocycles. The number of benzene rings is 1. The van der Waals surface area contributed by atoms with Crippen LogP contribution < -0.4 is 10.6 Å². The van der Waals surface area contributed by atoms with E-state index in [1.807, 2.05) is 29.0 Å². The maximum atomic E-state index is 12.2. The molecule has 5 heteroatoms. The molecule has 0 radical (unpaired) electrons. The summed E-state index contributed by atoms with van der Waals surface area (Å²) in [6, 6.07) is 8.00. The molecule has 21 heavy (non-hydrogen) atoms. The lowest BCUT2D eigenvalue weighted by Gasteiger charge is -2.21. The van der Waals surface area contributed by atoms with Gasteiger partial charge < -0.3 is 15.2 Å². The number of hydrogen-bond donors (Lipinski definition) is 2. The number of nitrogens with one attached hydrogen (secondary N) is 2. The zero-order chi connectivity index (χ0) is 14.5. The van der Waals surface area contributed by atoms with Gasteiger partial charge in [-0.1, -0.05) is 12.1 Å². The largest absolute Gasteiger partial charge is 0.333 e. The summed E-state index contributed by atoms with van der Waals surface area (Å²) in [7, 11) is 0. The fourth-order valence-corrected chi connectivity index (χ4v) is 2.67. The lowest BCUT2D eigenvalue weighted by atomic mass is 9.97. The predicted molar refractivity (Wildman–Crippen MR) is 82.0 cm³/mol. The molecule has 1 aliphatic rings. The minimum atomic E-state index is 0.128. The lowest BCUT2D eigenvalue weighted by molar-refractivity contribution is -0.120. The Kier molecular flexibility index (Phi) is 4.31. The van der Waals surface area contributed by atoms with Crippen LogP contribution in [0.2, 0.25) is 0 Å². The van der Waals surface area contributed by atoms with Crippen molar-refractivity contribution < 1.29 is 4.79 Å². The first-order valence-electron chi connectivity index (χ1n) is 7.37. The molecule has 0 bridgehead atoms.